The van der Waals surface area contributed by atoms with Crippen LogP contribution in [0.1, 0.15) is 117 Å². The molecule has 0 bridgehead atoms. The molecule has 0 radical (unpaired) electrons. The first-order valence-electron chi connectivity index (χ1n) is 22.7. The van der Waals surface area contributed by atoms with Crippen molar-refractivity contribution in [3.63, 3.8) is 0 Å². The van der Waals surface area contributed by atoms with Crippen molar-refractivity contribution in [1.82, 2.24) is 9.97 Å². The molecule has 8 aromatic rings. The number of amides is 4. The van der Waals surface area contributed by atoms with Gasteiger partial charge in [0.25, 0.3) is 23.6 Å². The highest BCUT2D eigenvalue weighted by Gasteiger charge is 2.51. The maximum atomic E-state index is 15.1. The summed E-state index contributed by atoms with van der Waals surface area (Å²) in [5, 5.41) is -5.83. The van der Waals surface area contributed by atoms with Crippen LogP contribution in [0.25, 0.3) is 21.8 Å². The summed E-state index contributed by atoms with van der Waals surface area (Å²) in [6, 6.07) is 5.95. The van der Waals surface area contributed by atoms with E-state index in [9.17, 15) is 55.9 Å². The lowest BCUT2D eigenvalue weighted by molar-refractivity contribution is 0.0869. The van der Waals surface area contributed by atoms with E-state index < -0.39 is 240 Å². The van der Waals surface area contributed by atoms with Gasteiger partial charge in [-0.2, -0.15) is 0 Å². The number of benzene rings is 6. The molecule has 30 heteroatoms. The van der Waals surface area contributed by atoms with Gasteiger partial charge in [0.05, 0.1) is 129 Å². The first-order valence-corrected chi connectivity index (χ1v) is 26.5. The Kier molecular flexibility index (Phi) is 13.4. The number of halogens is 18. The Morgan fingerprint density at radius 2 is 0.602 bits per heavy atom. The molecule has 0 fully saturated rings. The van der Waals surface area contributed by atoms with Gasteiger partial charge in [-0.15, -0.1) is 0 Å². The second-order valence-corrected chi connectivity index (χ2v) is 22.2. The maximum absolute atomic E-state index is 15.1. The smallest absolute Gasteiger partial charge is 0.267 e. The number of hydrogen-bond donors (Lipinski definition) is 0. The topological polar surface area (TPSA) is 169 Å². The molecule has 12 nitrogen and oxygen atoms in total. The number of carbonyl (C=O) groups is 8. The highest BCUT2D eigenvalue weighted by Crippen LogP contribution is 2.52. The molecule has 0 unspecified atom stereocenters. The van der Waals surface area contributed by atoms with Crippen molar-refractivity contribution in [3.05, 3.63) is 200 Å². The lowest BCUT2D eigenvalue weighted by Crippen LogP contribution is -2.32. The SMILES string of the molecule is O=C1c2c(F)c(F)c(F)c(F)c2C(=O)C1c1ccc2c(N3C(=O)c4c(Cl)c(Cl)c(Cl)c(Cl)c4C3=O)c(Cc3cc(Cl)c4nc(C5C(=O)c6c(F)c(F)c(F)c(F)c6C5=O)ccc4c3N3C(=O)c4c(Cl)c(Cl)c(Cl)c(Cl)c4C3=O)cc(Cl)c2n1. The van der Waals surface area contributed by atoms with Crippen LogP contribution in [0, 0.1) is 46.5 Å². The number of imide groups is 2. The zero-order chi connectivity index (χ0) is 60.1. The van der Waals surface area contributed by atoms with Crippen molar-refractivity contribution in [2.45, 2.75) is 18.3 Å². The molecule has 4 heterocycles. The van der Waals surface area contributed by atoms with Crippen molar-refractivity contribution in [2.24, 2.45) is 0 Å². The van der Waals surface area contributed by atoms with E-state index in [1.54, 1.807) is 0 Å². The van der Waals surface area contributed by atoms with Gasteiger partial charge in [-0.25, -0.2) is 54.9 Å². The first kappa shape index (κ1) is 56.9. The molecule has 0 N–H and O–H groups in total. The zero-order valence-corrected chi connectivity index (χ0v) is 46.7. The lowest BCUT2D eigenvalue weighted by atomic mass is 9.93. The van der Waals surface area contributed by atoms with E-state index >= 15 is 17.6 Å². The summed E-state index contributed by atoms with van der Waals surface area (Å²) < 4.78 is 118. The average molecular weight is 1340 g/mol. The quantitative estimate of drug-likeness (QED) is 0.0513. The molecular weight excluding hydrogens is 1330 g/mol. The van der Waals surface area contributed by atoms with Gasteiger partial charge in [0.2, 0.25) is 0 Å². The number of nitrogens with zero attached hydrogens (tertiary/aromatic N) is 4. The second kappa shape index (κ2) is 19.5. The number of rotatable bonds is 6. The lowest BCUT2D eigenvalue weighted by Gasteiger charge is -2.25. The number of Topliss-reactive ketones (excluding diaryl/α,β-unsaturated/α-hetero) is 4. The largest absolute Gasteiger partial charge is 0.293 e. The predicted molar refractivity (Wildman–Crippen MR) is 287 cm³/mol. The Bertz CT molecular complexity index is 4230. The fraction of sp³-hybridized carbons (Fsp3) is 0.0566. The van der Waals surface area contributed by atoms with Crippen molar-refractivity contribution in [3.8, 4) is 0 Å². The number of carbonyl (C=O) groups excluding carboxylic acids is 8. The van der Waals surface area contributed by atoms with Gasteiger partial charge in [0.15, 0.2) is 69.7 Å². The minimum Gasteiger partial charge on any atom is -0.293 e. The van der Waals surface area contributed by atoms with E-state index in [4.69, 9.17) is 116 Å². The number of anilines is 2. The third kappa shape index (κ3) is 7.60. The summed E-state index contributed by atoms with van der Waals surface area (Å²) >= 11 is 65.4. The van der Waals surface area contributed by atoms with Crippen molar-refractivity contribution >= 4 is 196 Å². The fourth-order valence-electron chi connectivity index (χ4n) is 10.6. The first-order chi connectivity index (χ1) is 39.1. The molecule has 2 aromatic heterocycles. The van der Waals surface area contributed by atoms with Crippen LogP contribution in [-0.2, 0) is 6.42 Å². The normalized spacial score (nSPS) is 15.2. The number of pyridine rings is 2. The number of fused-ring (bicyclic) bond motifs is 6. The van der Waals surface area contributed by atoms with Crippen LogP contribution in [0.2, 0.25) is 50.2 Å². The Morgan fingerprint density at radius 3 is 0.855 bits per heavy atom. The monoisotopic (exact) mass is 1330 g/mol. The third-order valence-electron chi connectivity index (χ3n) is 14.2. The molecule has 0 saturated carbocycles. The van der Waals surface area contributed by atoms with Crippen LogP contribution in [0.3, 0.4) is 0 Å². The summed E-state index contributed by atoms with van der Waals surface area (Å²) in [6.45, 7) is 0. The van der Waals surface area contributed by atoms with Crippen molar-refractivity contribution in [2.75, 3.05) is 9.80 Å². The molecule has 416 valence electrons. The van der Waals surface area contributed by atoms with Crippen LogP contribution in [0.4, 0.5) is 46.5 Å². The highest BCUT2D eigenvalue weighted by atomic mass is 35.5. The molecule has 0 saturated heterocycles. The standard InChI is InChI=1S/C53H10Cl10F8N4O8/c54-12-6-8(44(74-50(80)18-19(51(74)81)27(57)31(61)30(60)26(18)56)10-1-3-14(72-42(10)12)16-46(76)22-23(47(16)77)35(65)39(69)38(68)34(22)64)5-9-7-13(55)43-11(45(9)75-52(82)20-21(53(75)83)29(59)33(63)32(62)28(20)58)2-4-15(73-43)17-48(78)24-25(49(17)79)37(67)41(71)40(70)36(24)66/h1-4,6-7,16-17H,5H2. The molecule has 4 amide bonds. The summed E-state index contributed by atoms with van der Waals surface area (Å²) in [6.07, 6.45) is -0.762. The number of hydrogen-bond acceptors (Lipinski definition) is 10. The van der Waals surface area contributed by atoms with Gasteiger partial charge in [-0.05, 0) is 47.5 Å². The average Bonchev–Trinajstić information content (AvgIpc) is 2.28. The van der Waals surface area contributed by atoms with E-state index in [1.807, 2.05) is 0 Å². The zero-order valence-electron chi connectivity index (χ0n) is 39.2. The summed E-state index contributed by atoms with van der Waals surface area (Å²) in [5.41, 5.74) is -11.9. The van der Waals surface area contributed by atoms with Gasteiger partial charge >= 0.3 is 0 Å². The molecular formula is C53H10Cl10F8N4O8. The minimum absolute atomic E-state index is 0.269. The van der Waals surface area contributed by atoms with Crippen LogP contribution in [0.5, 0.6) is 0 Å². The summed E-state index contributed by atoms with van der Waals surface area (Å²) in [4.78, 5) is 124. The molecule has 12 rings (SSSR count). The number of aromatic nitrogens is 2. The van der Waals surface area contributed by atoms with Crippen LogP contribution < -0.4 is 9.80 Å². The fourth-order valence-corrected chi connectivity index (χ4v) is 13.2. The molecule has 2 aliphatic heterocycles. The highest BCUT2D eigenvalue weighted by molar-refractivity contribution is 6.58. The Morgan fingerprint density at radius 1 is 0.349 bits per heavy atom. The molecule has 2 aliphatic carbocycles. The van der Waals surface area contributed by atoms with Gasteiger partial charge < -0.3 is 0 Å². The maximum Gasteiger partial charge on any atom is 0.267 e. The van der Waals surface area contributed by atoms with E-state index in [2.05, 4.69) is 9.97 Å². The van der Waals surface area contributed by atoms with E-state index in [-0.39, 0.29) is 21.9 Å². The Labute approximate surface area is 504 Å². The van der Waals surface area contributed by atoms with Crippen LogP contribution in [0.15, 0.2) is 36.4 Å². The van der Waals surface area contributed by atoms with E-state index in [0.29, 0.717) is 9.80 Å². The molecule has 4 aliphatic rings. The predicted octanol–water partition coefficient (Wildman–Crippen LogP) is 15.9. The summed E-state index contributed by atoms with van der Waals surface area (Å²) in [5.74, 6) is -34.0. The van der Waals surface area contributed by atoms with E-state index in [1.165, 1.54) is 0 Å². The molecule has 83 heavy (non-hydrogen) atoms. The second-order valence-electron chi connectivity index (χ2n) is 18.4. The van der Waals surface area contributed by atoms with Gasteiger partial charge in [0, 0.05) is 17.2 Å². The van der Waals surface area contributed by atoms with E-state index in [0.717, 1.165) is 36.4 Å². The van der Waals surface area contributed by atoms with Crippen LogP contribution in [-0.4, -0.2) is 56.7 Å². The molecule has 6 aromatic carbocycles. The van der Waals surface area contributed by atoms with Crippen LogP contribution >= 0.6 is 116 Å². The van der Waals surface area contributed by atoms with Crippen molar-refractivity contribution in [1.29, 1.82) is 0 Å². The minimum atomic E-state index is -2.39. The third-order valence-corrected chi connectivity index (χ3v) is 18.4. The number of ketones is 4. The Balaban J connectivity index is 1.09. The van der Waals surface area contributed by atoms with Gasteiger partial charge in [-0.3, -0.25) is 38.4 Å². The van der Waals surface area contributed by atoms with Gasteiger partial charge in [-0.1, -0.05) is 116 Å². The Hall–Kier alpha value is -6.56. The van der Waals surface area contributed by atoms with Gasteiger partial charge in [0.1, 0.15) is 11.8 Å². The summed E-state index contributed by atoms with van der Waals surface area (Å²) in [7, 11) is 0. The molecule has 0 spiro atoms. The molecule has 0 atom stereocenters. The van der Waals surface area contributed by atoms with Crippen molar-refractivity contribution < 1.29 is 73.5 Å².